The van der Waals surface area contributed by atoms with Gasteiger partial charge in [0.05, 0.1) is 0 Å². The van der Waals surface area contributed by atoms with E-state index in [2.05, 4.69) is 0 Å². The van der Waals surface area contributed by atoms with Crippen LogP contribution in [0.4, 0.5) is 0 Å². The van der Waals surface area contributed by atoms with E-state index >= 15 is 0 Å². The summed E-state index contributed by atoms with van der Waals surface area (Å²) < 4.78 is 12.4. The Balaban J connectivity index is 1.36. The molecule has 3 aromatic rings. The number of carbonyl (C=O) groups excluding carboxylic acids is 2. The van der Waals surface area contributed by atoms with Crippen LogP contribution in [0.15, 0.2) is 106 Å². The fourth-order valence-electron chi connectivity index (χ4n) is 6.93. The maximum absolute atomic E-state index is 13.5. The van der Waals surface area contributed by atoms with Crippen LogP contribution in [0.25, 0.3) is 0 Å². The van der Waals surface area contributed by atoms with Crippen molar-refractivity contribution < 1.29 is 18.5 Å². The molecule has 0 heterocycles. The fraction of sp³-hybridized carbons (Fsp3) is 0.333. The van der Waals surface area contributed by atoms with E-state index in [1.54, 1.807) is 0 Å². The van der Waals surface area contributed by atoms with Crippen LogP contribution in [0.3, 0.4) is 0 Å². The summed E-state index contributed by atoms with van der Waals surface area (Å²) in [6.07, 6.45) is 6.36. The van der Waals surface area contributed by atoms with Crippen LogP contribution in [-0.4, -0.2) is 17.5 Å². The highest BCUT2D eigenvalue weighted by Crippen LogP contribution is 2.69. The number of carbonyl (C=O) groups is 2. The van der Waals surface area contributed by atoms with Crippen molar-refractivity contribution in [1.29, 1.82) is 0 Å². The zero-order chi connectivity index (χ0) is 23.9. The molecule has 0 radical (unpaired) electrons. The van der Waals surface area contributed by atoms with E-state index in [4.69, 9.17) is 8.92 Å². The molecule has 4 saturated carbocycles. The number of hydrogen-bond acceptors (Lipinski definition) is 4. The van der Waals surface area contributed by atoms with Gasteiger partial charge in [0.1, 0.15) is 5.60 Å². The number of esters is 1. The highest BCUT2D eigenvalue weighted by molar-refractivity contribution is 8.30. The first kappa shape index (κ1) is 22.4. The molecule has 4 aliphatic rings. The number of benzene rings is 3. The highest BCUT2D eigenvalue weighted by Gasteiger charge is 2.54. The second kappa shape index (κ2) is 8.87. The maximum atomic E-state index is 13.5. The molecule has 4 bridgehead atoms. The highest BCUT2D eigenvalue weighted by atomic mass is 32.3. The van der Waals surface area contributed by atoms with Crippen LogP contribution < -0.4 is 0 Å². The van der Waals surface area contributed by atoms with Crippen LogP contribution in [0.2, 0.25) is 0 Å². The van der Waals surface area contributed by atoms with Crippen molar-refractivity contribution in [3.05, 3.63) is 91.0 Å². The van der Waals surface area contributed by atoms with Gasteiger partial charge >= 0.3 is 11.9 Å². The second-order valence-corrected chi connectivity index (χ2v) is 13.0. The molecule has 0 aliphatic heterocycles. The van der Waals surface area contributed by atoms with Crippen molar-refractivity contribution in [1.82, 2.24) is 0 Å². The number of hydrogen-bond donors (Lipinski definition) is 0. The Kier molecular flexibility index (Phi) is 5.68. The molecule has 35 heavy (non-hydrogen) atoms. The van der Waals surface area contributed by atoms with Crippen LogP contribution in [0.1, 0.15) is 38.5 Å². The Morgan fingerprint density at radius 2 is 0.971 bits per heavy atom. The molecule has 7 rings (SSSR count). The van der Waals surface area contributed by atoms with Gasteiger partial charge in [-0.2, -0.15) is 0 Å². The minimum atomic E-state index is -2.49. The van der Waals surface area contributed by atoms with Gasteiger partial charge in [-0.05, 0) is 103 Å². The lowest BCUT2D eigenvalue weighted by Crippen LogP contribution is -2.53. The first-order valence-electron chi connectivity index (χ1n) is 12.5. The molecular weight excluding hydrogens is 456 g/mol. The number of rotatable bonds is 5. The minimum absolute atomic E-state index is 0.491. The van der Waals surface area contributed by atoms with Crippen molar-refractivity contribution in [2.45, 2.75) is 58.8 Å². The molecule has 5 heteroatoms. The lowest BCUT2D eigenvalue weighted by Gasteiger charge is -2.55. The van der Waals surface area contributed by atoms with E-state index in [-0.39, 0.29) is 0 Å². The molecule has 0 saturated heterocycles. The predicted molar refractivity (Wildman–Crippen MR) is 135 cm³/mol. The van der Waals surface area contributed by atoms with Gasteiger partial charge in [0.2, 0.25) is 0 Å². The molecule has 4 nitrogen and oxygen atoms in total. The number of ether oxygens (including phenoxy) is 1. The van der Waals surface area contributed by atoms with E-state index in [9.17, 15) is 9.59 Å². The molecule has 0 aromatic heterocycles. The summed E-state index contributed by atoms with van der Waals surface area (Å²) >= 11 is 0. The lowest BCUT2D eigenvalue weighted by atomic mass is 9.54. The third-order valence-electron chi connectivity index (χ3n) is 7.88. The van der Waals surface area contributed by atoms with E-state index in [0.717, 1.165) is 33.9 Å². The molecule has 4 aliphatic carbocycles. The average molecular weight is 487 g/mol. The molecule has 0 amide bonds. The molecule has 4 fully saturated rings. The van der Waals surface area contributed by atoms with Gasteiger partial charge in [0, 0.05) is 14.7 Å². The van der Waals surface area contributed by atoms with Gasteiger partial charge in [0.25, 0.3) is 0 Å². The van der Waals surface area contributed by atoms with Crippen molar-refractivity contribution in [3.8, 4) is 0 Å². The SMILES string of the molecule is O=C(OC12CC3CC(CC(C3)C1)C2)C(=O)OS(c1ccccc1)(c1ccccc1)c1ccccc1. The lowest BCUT2D eigenvalue weighted by molar-refractivity contribution is -0.192. The van der Waals surface area contributed by atoms with Crippen LogP contribution >= 0.6 is 10.3 Å². The van der Waals surface area contributed by atoms with Gasteiger partial charge in [-0.15, -0.1) is 0 Å². The molecule has 0 atom stereocenters. The van der Waals surface area contributed by atoms with E-state index in [1.807, 2.05) is 91.0 Å². The van der Waals surface area contributed by atoms with Gasteiger partial charge in [0.15, 0.2) is 0 Å². The normalized spacial score (nSPS) is 27.3. The van der Waals surface area contributed by atoms with Gasteiger partial charge < -0.3 is 8.92 Å². The molecule has 0 spiro atoms. The van der Waals surface area contributed by atoms with E-state index in [0.29, 0.717) is 17.8 Å². The van der Waals surface area contributed by atoms with Crippen LogP contribution in [-0.2, 0) is 18.5 Å². The summed E-state index contributed by atoms with van der Waals surface area (Å²) in [6.45, 7) is 0. The maximum Gasteiger partial charge on any atom is 0.428 e. The van der Waals surface area contributed by atoms with Crippen LogP contribution in [0, 0.1) is 17.8 Å². The monoisotopic (exact) mass is 486 g/mol. The fourth-order valence-corrected chi connectivity index (χ4v) is 9.95. The Hall–Kier alpha value is -3.05. The molecule has 0 unspecified atom stereocenters. The summed E-state index contributed by atoms with van der Waals surface area (Å²) in [7, 11) is -2.49. The van der Waals surface area contributed by atoms with Crippen LogP contribution in [0.5, 0.6) is 0 Å². The third-order valence-corrected chi connectivity index (χ3v) is 11.1. The topological polar surface area (TPSA) is 52.6 Å². The van der Waals surface area contributed by atoms with Crippen molar-refractivity contribution in [2.24, 2.45) is 17.8 Å². The molecule has 0 N–H and O–H groups in total. The van der Waals surface area contributed by atoms with Gasteiger partial charge in [-0.25, -0.2) is 9.59 Å². The van der Waals surface area contributed by atoms with Crippen molar-refractivity contribution in [2.75, 3.05) is 0 Å². The summed E-state index contributed by atoms with van der Waals surface area (Å²) in [4.78, 5) is 29.4. The molecular formula is C30H30O4S. The standard InChI is InChI=1S/C30H30O4S/c31-28(33-30-19-22-16-23(20-30)18-24(17-22)21-30)29(32)34-35(25-10-4-1-5-11-25,26-12-6-2-7-13-26)27-14-8-3-9-15-27/h1-15,22-24H,16-21H2. The molecule has 3 aromatic carbocycles. The minimum Gasteiger partial charge on any atom is -0.451 e. The Morgan fingerprint density at radius 3 is 1.34 bits per heavy atom. The zero-order valence-electron chi connectivity index (χ0n) is 19.7. The second-order valence-electron chi connectivity index (χ2n) is 10.4. The summed E-state index contributed by atoms with van der Waals surface area (Å²) in [5.41, 5.74) is -0.491. The van der Waals surface area contributed by atoms with Crippen molar-refractivity contribution in [3.63, 3.8) is 0 Å². The summed E-state index contributed by atoms with van der Waals surface area (Å²) in [5.74, 6) is 0.0900. The zero-order valence-corrected chi connectivity index (χ0v) is 20.5. The molecule has 180 valence electrons. The predicted octanol–water partition coefficient (Wildman–Crippen LogP) is 6.94. The Morgan fingerprint density at radius 1 is 0.600 bits per heavy atom. The van der Waals surface area contributed by atoms with Gasteiger partial charge in [-0.1, -0.05) is 54.6 Å². The van der Waals surface area contributed by atoms with Gasteiger partial charge in [-0.3, -0.25) is 0 Å². The third kappa shape index (κ3) is 4.06. The quantitative estimate of drug-likeness (QED) is 0.290. The average Bonchev–Trinajstić information content (AvgIpc) is 2.87. The summed E-state index contributed by atoms with van der Waals surface area (Å²) in [5, 5.41) is 0. The van der Waals surface area contributed by atoms with Crippen molar-refractivity contribution >= 4 is 22.2 Å². The summed E-state index contributed by atoms with van der Waals surface area (Å²) in [6, 6.07) is 29.2. The first-order chi connectivity index (χ1) is 17.1. The largest absolute Gasteiger partial charge is 0.451 e. The Labute approximate surface area is 208 Å². The Bertz CT molecular complexity index is 1080. The first-order valence-corrected chi connectivity index (χ1v) is 14.1. The van der Waals surface area contributed by atoms with E-state index in [1.165, 1.54) is 19.3 Å². The smallest absolute Gasteiger partial charge is 0.428 e. The van der Waals surface area contributed by atoms with E-state index < -0.39 is 27.8 Å².